The molecule has 3 aromatic rings. The number of hydrogen-bond donors (Lipinski definition) is 2. The molecule has 1 aliphatic heterocycles. The van der Waals surface area contributed by atoms with Gasteiger partial charge in [-0.3, -0.25) is 14.6 Å². The number of carbonyl (C=O) groups is 2. The lowest BCUT2D eigenvalue weighted by Gasteiger charge is -2.48. The van der Waals surface area contributed by atoms with Crippen LogP contribution >= 0.6 is 0 Å². The number of halogens is 1. The maximum atomic E-state index is 15.2. The van der Waals surface area contributed by atoms with E-state index < -0.39 is 17.8 Å². The predicted molar refractivity (Wildman–Crippen MR) is 154 cm³/mol. The minimum Gasteiger partial charge on any atom is -0.382 e. The number of fused-ring (bicyclic) bond motifs is 1. The Bertz CT molecular complexity index is 1340. The first-order valence-electron chi connectivity index (χ1n) is 14.6. The van der Waals surface area contributed by atoms with Gasteiger partial charge in [-0.1, -0.05) is 43.5 Å². The number of anilines is 2. The zero-order valence-corrected chi connectivity index (χ0v) is 23.0. The molecular weight excluding hydrogens is 503 g/mol. The van der Waals surface area contributed by atoms with Crippen LogP contribution < -0.4 is 10.6 Å². The zero-order chi connectivity index (χ0) is 27.6. The molecule has 2 N–H and O–H groups in total. The van der Waals surface area contributed by atoms with Crippen LogP contribution in [0.5, 0.6) is 0 Å². The van der Waals surface area contributed by atoms with E-state index >= 15 is 4.39 Å². The summed E-state index contributed by atoms with van der Waals surface area (Å²) < 4.78 is 15.2. The second kappa shape index (κ2) is 11.4. The van der Waals surface area contributed by atoms with Crippen molar-refractivity contribution < 1.29 is 14.0 Å². The number of benzene rings is 2. The molecule has 2 aliphatic carbocycles. The summed E-state index contributed by atoms with van der Waals surface area (Å²) in [5.41, 5.74) is 3.28. The van der Waals surface area contributed by atoms with Gasteiger partial charge in [0.1, 0.15) is 5.82 Å². The number of aryl methyl sites for hydroxylation is 1. The first kappa shape index (κ1) is 26.5. The van der Waals surface area contributed by atoms with Crippen LogP contribution in [0.1, 0.15) is 78.9 Å². The Morgan fingerprint density at radius 1 is 0.925 bits per heavy atom. The van der Waals surface area contributed by atoms with Gasteiger partial charge in [0.2, 0.25) is 5.91 Å². The highest BCUT2D eigenvalue weighted by molar-refractivity contribution is 5.98. The third-order valence-electron chi connectivity index (χ3n) is 9.13. The summed E-state index contributed by atoms with van der Waals surface area (Å²) in [6.07, 6.45) is 11.6. The van der Waals surface area contributed by atoms with Crippen molar-refractivity contribution in [1.82, 2.24) is 9.88 Å². The number of rotatable bonds is 6. The standard InChI is InChI=1S/C33H37FN4O2/c1-21-7-4-12-28(34)30(21)33(40)38-29-13-5-8-23(29)19-27(32(39)37-26-11-6-18-35-20-26)31(38)22-14-16-25(17-15-22)36-24-9-2-3-10-24/h4,6-7,11-12,14-18,20,23-24,27,29,31,36H,2-3,5,8-10,13,19H2,1H3,(H,37,39)/t23-,27+,29?,31+/m1/s1. The highest BCUT2D eigenvalue weighted by Crippen LogP contribution is 2.49. The summed E-state index contributed by atoms with van der Waals surface area (Å²) in [5, 5.41) is 6.68. The van der Waals surface area contributed by atoms with Gasteiger partial charge in [0, 0.05) is 24.0 Å². The molecule has 2 amide bonds. The van der Waals surface area contributed by atoms with Gasteiger partial charge in [0.15, 0.2) is 0 Å². The molecule has 6 rings (SSSR count). The summed E-state index contributed by atoms with van der Waals surface area (Å²) in [6, 6.07) is 16.5. The fourth-order valence-corrected chi connectivity index (χ4v) is 7.22. The van der Waals surface area contributed by atoms with Crippen LogP contribution in [0.3, 0.4) is 0 Å². The van der Waals surface area contributed by atoms with Crippen LogP contribution in [-0.2, 0) is 4.79 Å². The van der Waals surface area contributed by atoms with Crippen molar-refractivity contribution in [1.29, 1.82) is 0 Å². The fourth-order valence-electron chi connectivity index (χ4n) is 7.22. The number of nitrogens with zero attached hydrogens (tertiary/aromatic N) is 2. The van der Waals surface area contributed by atoms with Gasteiger partial charge < -0.3 is 15.5 Å². The molecule has 0 radical (unpaired) electrons. The molecule has 0 bridgehead atoms. The summed E-state index contributed by atoms with van der Waals surface area (Å²) >= 11 is 0. The summed E-state index contributed by atoms with van der Waals surface area (Å²) in [7, 11) is 0. The minimum atomic E-state index is -0.517. The van der Waals surface area contributed by atoms with Crippen LogP contribution in [-0.4, -0.2) is 33.8 Å². The second-order valence-electron chi connectivity index (χ2n) is 11.7. The van der Waals surface area contributed by atoms with Gasteiger partial charge >= 0.3 is 0 Å². The lowest BCUT2D eigenvalue weighted by molar-refractivity contribution is -0.125. The van der Waals surface area contributed by atoms with Crippen molar-refractivity contribution in [3.63, 3.8) is 0 Å². The van der Waals surface area contributed by atoms with E-state index in [9.17, 15) is 9.59 Å². The Labute approximate surface area is 235 Å². The van der Waals surface area contributed by atoms with Crippen LogP contribution in [0.25, 0.3) is 0 Å². The van der Waals surface area contributed by atoms with Gasteiger partial charge in [0.05, 0.1) is 29.4 Å². The van der Waals surface area contributed by atoms with E-state index in [0.717, 1.165) is 30.5 Å². The number of piperidine rings is 1. The van der Waals surface area contributed by atoms with E-state index in [-0.39, 0.29) is 29.3 Å². The molecule has 0 spiro atoms. The molecule has 1 unspecified atom stereocenters. The molecule has 6 nitrogen and oxygen atoms in total. The maximum absolute atomic E-state index is 15.2. The normalized spacial score (nSPS) is 24.5. The van der Waals surface area contributed by atoms with Gasteiger partial charge in [-0.2, -0.15) is 0 Å². The third kappa shape index (κ3) is 5.21. The van der Waals surface area contributed by atoms with Crippen LogP contribution in [0.15, 0.2) is 67.0 Å². The van der Waals surface area contributed by atoms with E-state index in [1.807, 2.05) is 23.1 Å². The van der Waals surface area contributed by atoms with E-state index in [4.69, 9.17) is 0 Å². The van der Waals surface area contributed by atoms with Crippen molar-refractivity contribution in [2.45, 2.75) is 76.4 Å². The van der Waals surface area contributed by atoms with Gasteiger partial charge in [-0.05, 0) is 86.4 Å². The minimum absolute atomic E-state index is 0.0322. The Hall–Kier alpha value is -3.74. The fraction of sp³-hybridized carbons (Fsp3) is 0.424. The number of amides is 2. The van der Waals surface area contributed by atoms with Crippen molar-refractivity contribution in [3.05, 3.63) is 89.5 Å². The van der Waals surface area contributed by atoms with Crippen LogP contribution in [0.4, 0.5) is 15.8 Å². The molecule has 1 saturated heterocycles. The molecule has 3 aliphatic rings. The number of nitrogens with one attached hydrogen (secondary N) is 2. The van der Waals surface area contributed by atoms with Crippen molar-refractivity contribution in [2.75, 3.05) is 10.6 Å². The zero-order valence-electron chi connectivity index (χ0n) is 23.0. The molecule has 2 saturated carbocycles. The molecule has 40 heavy (non-hydrogen) atoms. The monoisotopic (exact) mass is 540 g/mol. The highest BCUT2D eigenvalue weighted by atomic mass is 19.1. The molecule has 208 valence electrons. The first-order valence-corrected chi connectivity index (χ1v) is 14.6. The quantitative estimate of drug-likeness (QED) is 0.357. The van der Waals surface area contributed by atoms with Crippen LogP contribution in [0.2, 0.25) is 0 Å². The van der Waals surface area contributed by atoms with Gasteiger partial charge in [-0.25, -0.2) is 4.39 Å². The third-order valence-corrected chi connectivity index (χ3v) is 9.13. The summed E-state index contributed by atoms with van der Waals surface area (Å²) in [5.74, 6) is -1.27. The molecule has 3 fully saturated rings. The Morgan fingerprint density at radius 3 is 2.45 bits per heavy atom. The molecule has 7 heteroatoms. The van der Waals surface area contributed by atoms with Crippen molar-refractivity contribution in [2.24, 2.45) is 11.8 Å². The lowest BCUT2D eigenvalue weighted by atomic mass is 9.76. The number of pyridine rings is 1. The molecule has 1 aromatic heterocycles. The first-order chi connectivity index (χ1) is 19.5. The summed E-state index contributed by atoms with van der Waals surface area (Å²) in [4.78, 5) is 34.2. The molecular formula is C33H37FN4O2. The number of aromatic nitrogens is 1. The Kier molecular flexibility index (Phi) is 7.55. The molecule has 2 heterocycles. The van der Waals surface area contributed by atoms with Gasteiger partial charge in [-0.15, -0.1) is 0 Å². The van der Waals surface area contributed by atoms with Crippen molar-refractivity contribution in [3.8, 4) is 0 Å². The van der Waals surface area contributed by atoms with E-state index in [0.29, 0.717) is 23.7 Å². The maximum Gasteiger partial charge on any atom is 0.257 e. The average molecular weight is 541 g/mol. The number of carbonyl (C=O) groups excluding carboxylic acids is 2. The average Bonchev–Trinajstić information content (AvgIpc) is 3.65. The smallest absolute Gasteiger partial charge is 0.257 e. The number of likely N-dealkylation sites (tertiary alicyclic amines) is 1. The predicted octanol–water partition coefficient (Wildman–Crippen LogP) is 6.89. The molecule has 2 aromatic carbocycles. The lowest BCUT2D eigenvalue weighted by Crippen LogP contribution is -2.54. The Balaban J connectivity index is 1.40. The van der Waals surface area contributed by atoms with E-state index in [1.54, 1.807) is 37.5 Å². The molecule has 4 atom stereocenters. The topological polar surface area (TPSA) is 74.3 Å². The van der Waals surface area contributed by atoms with Crippen molar-refractivity contribution >= 4 is 23.2 Å². The van der Waals surface area contributed by atoms with E-state index in [2.05, 4.69) is 27.8 Å². The Morgan fingerprint density at radius 2 is 1.73 bits per heavy atom. The van der Waals surface area contributed by atoms with E-state index in [1.165, 1.54) is 31.7 Å². The second-order valence-corrected chi connectivity index (χ2v) is 11.7. The van der Waals surface area contributed by atoms with Gasteiger partial charge in [0.25, 0.3) is 5.91 Å². The SMILES string of the molecule is Cc1cccc(F)c1C(=O)N1C2CCC[C@@H]2C[C@H](C(=O)Nc2cccnc2)[C@@H]1c1ccc(NC2CCCC2)cc1. The largest absolute Gasteiger partial charge is 0.382 e. The summed E-state index contributed by atoms with van der Waals surface area (Å²) in [6.45, 7) is 1.78. The van der Waals surface area contributed by atoms with Crippen LogP contribution in [0, 0.1) is 24.6 Å². The number of hydrogen-bond acceptors (Lipinski definition) is 4. The highest BCUT2D eigenvalue weighted by Gasteiger charge is 2.50.